The Morgan fingerprint density at radius 2 is 1.84 bits per heavy atom. The van der Waals surface area contributed by atoms with Crippen LogP contribution in [-0.4, -0.2) is 82.6 Å². The number of carbonyl (C=O) groups is 3. The first-order valence-electron chi connectivity index (χ1n) is 12.5. The van der Waals surface area contributed by atoms with Gasteiger partial charge in [-0.05, 0) is 50.9 Å². The maximum absolute atomic E-state index is 14.0. The number of carbonyl (C=O) groups excluding carboxylic acids is 3. The average molecular weight is 524 g/mol. The topological polar surface area (TPSA) is 165 Å². The Labute approximate surface area is 221 Å². The minimum Gasteiger partial charge on any atom is -0.508 e. The van der Waals surface area contributed by atoms with Gasteiger partial charge in [-0.2, -0.15) is 0 Å². The Hall–Kier alpha value is -3.81. The molecule has 0 aromatic heterocycles. The normalized spacial score (nSPS) is 26.4. The number of hydrogen-bond donors (Lipinski definition) is 5. The van der Waals surface area contributed by atoms with E-state index in [-0.39, 0.29) is 35.3 Å². The van der Waals surface area contributed by atoms with Crippen LogP contribution < -0.4 is 10.6 Å². The fourth-order valence-corrected chi connectivity index (χ4v) is 6.07. The molecule has 0 unspecified atom stereocenters. The van der Waals surface area contributed by atoms with Gasteiger partial charge in [-0.3, -0.25) is 19.3 Å². The van der Waals surface area contributed by atoms with Crippen molar-refractivity contribution in [2.45, 2.75) is 44.2 Å². The van der Waals surface area contributed by atoms with Gasteiger partial charge in [0.05, 0.1) is 17.2 Å². The van der Waals surface area contributed by atoms with E-state index in [1.807, 2.05) is 25.9 Å². The van der Waals surface area contributed by atoms with Crippen molar-refractivity contribution in [3.8, 4) is 17.6 Å². The molecule has 6 N–H and O–H groups in total. The molecule has 4 atom stereocenters. The molecule has 0 spiro atoms. The number of nitrogens with zero attached hydrogens (tertiary/aromatic N) is 2. The quantitative estimate of drug-likeness (QED) is 0.288. The highest BCUT2D eigenvalue weighted by atomic mass is 16.3. The third-order valence-electron chi connectivity index (χ3n) is 7.78. The number of phenols is 1. The first-order chi connectivity index (χ1) is 17.8. The van der Waals surface area contributed by atoms with Gasteiger partial charge in [0.2, 0.25) is 5.78 Å². The monoisotopic (exact) mass is 523 g/mol. The molecular formula is C28H33N3O7. The lowest BCUT2D eigenvalue weighted by atomic mass is 9.57. The van der Waals surface area contributed by atoms with Crippen LogP contribution in [-0.2, 0) is 20.8 Å². The Kier molecular flexibility index (Phi) is 6.80. The van der Waals surface area contributed by atoms with Gasteiger partial charge in [0.25, 0.3) is 5.91 Å². The summed E-state index contributed by atoms with van der Waals surface area (Å²) in [6, 6.07) is 0.613. The zero-order valence-corrected chi connectivity index (χ0v) is 22.1. The lowest BCUT2D eigenvalue weighted by Crippen LogP contribution is -2.65. The molecule has 10 nitrogen and oxygen atoms in total. The first kappa shape index (κ1) is 27.2. The lowest BCUT2D eigenvalue weighted by molar-refractivity contribution is -0.153. The minimum absolute atomic E-state index is 0.0355. The molecule has 3 aliphatic carbocycles. The molecule has 0 bridgehead atoms. The second-order valence-electron chi connectivity index (χ2n) is 10.6. The summed E-state index contributed by atoms with van der Waals surface area (Å²) >= 11 is 0. The maximum atomic E-state index is 14.0. The van der Waals surface area contributed by atoms with E-state index in [1.54, 1.807) is 20.2 Å². The number of fused-ring (bicyclic) bond motifs is 3. The summed E-state index contributed by atoms with van der Waals surface area (Å²) < 4.78 is 0. The third kappa shape index (κ3) is 3.77. The summed E-state index contributed by atoms with van der Waals surface area (Å²) in [6.45, 7) is 1.98. The number of phenolic OH excluding ortho intramolecular Hbond substituents is 1. The van der Waals surface area contributed by atoms with E-state index in [1.165, 1.54) is 4.90 Å². The standard InChI is InChI=1S/C28H33N3O7/c1-6-7-8-9-13-12-17(30(2)3)15-10-14-11-16-21(31(4)5)24(34)20(27(29)37)26(36)28(16,38)25(35)18(14)23(33)19(15)22(13)32/h12,14,16,21,32-33,36,38H,6-7,10-11H2,1-5H3,(H2,29,37)/t14-,16-,21-,28-/m1/s1. The van der Waals surface area contributed by atoms with Crippen molar-refractivity contribution in [1.29, 1.82) is 0 Å². The van der Waals surface area contributed by atoms with Gasteiger partial charge in [-0.15, -0.1) is 0 Å². The van der Waals surface area contributed by atoms with Crippen molar-refractivity contribution < 1.29 is 34.8 Å². The first-order valence-corrected chi connectivity index (χ1v) is 12.5. The van der Waals surface area contributed by atoms with Crippen LogP contribution in [0.3, 0.4) is 0 Å². The van der Waals surface area contributed by atoms with Gasteiger partial charge >= 0.3 is 0 Å². The largest absolute Gasteiger partial charge is 0.508 e. The molecular weight excluding hydrogens is 490 g/mol. The molecule has 0 saturated heterocycles. The number of aliphatic hydroxyl groups is 3. The van der Waals surface area contributed by atoms with E-state index in [2.05, 4.69) is 11.8 Å². The summed E-state index contributed by atoms with van der Waals surface area (Å²) in [7, 11) is 6.76. The number of anilines is 1. The fourth-order valence-electron chi connectivity index (χ4n) is 6.07. The van der Waals surface area contributed by atoms with E-state index >= 15 is 0 Å². The van der Waals surface area contributed by atoms with Crippen LogP contribution in [0.1, 0.15) is 42.9 Å². The fraction of sp³-hybridized carbons (Fsp3) is 0.464. The van der Waals surface area contributed by atoms with Crippen LogP contribution in [0.15, 0.2) is 23.0 Å². The van der Waals surface area contributed by atoms with Crippen molar-refractivity contribution >= 4 is 28.9 Å². The summed E-state index contributed by atoms with van der Waals surface area (Å²) in [6.07, 6.45) is 1.69. The van der Waals surface area contributed by atoms with E-state index < -0.39 is 58.0 Å². The predicted octanol–water partition coefficient (Wildman–Crippen LogP) is 1.18. The molecule has 0 radical (unpaired) electrons. The van der Waals surface area contributed by atoms with Crippen LogP contribution in [0.4, 0.5) is 5.69 Å². The van der Waals surface area contributed by atoms with Gasteiger partial charge in [0, 0.05) is 37.7 Å². The predicted molar refractivity (Wildman–Crippen MR) is 140 cm³/mol. The number of ketones is 2. The summed E-state index contributed by atoms with van der Waals surface area (Å²) in [5.74, 6) is -0.846. The number of aromatic hydroxyl groups is 1. The van der Waals surface area contributed by atoms with E-state index in [0.29, 0.717) is 17.7 Å². The second-order valence-corrected chi connectivity index (χ2v) is 10.6. The van der Waals surface area contributed by atoms with Crippen LogP contribution in [0, 0.1) is 23.7 Å². The van der Waals surface area contributed by atoms with Crippen LogP contribution in [0.2, 0.25) is 0 Å². The van der Waals surface area contributed by atoms with Gasteiger partial charge < -0.3 is 31.1 Å². The van der Waals surface area contributed by atoms with Crippen molar-refractivity contribution in [3.05, 3.63) is 39.7 Å². The Morgan fingerprint density at radius 1 is 1.18 bits per heavy atom. The van der Waals surface area contributed by atoms with Crippen molar-refractivity contribution in [3.63, 3.8) is 0 Å². The number of likely N-dealkylation sites (N-methyl/N-ethyl adjacent to an activating group) is 1. The minimum atomic E-state index is -2.66. The van der Waals surface area contributed by atoms with Crippen molar-refractivity contribution in [2.75, 3.05) is 33.1 Å². The molecule has 1 aromatic rings. The molecule has 10 heteroatoms. The third-order valence-corrected chi connectivity index (χ3v) is 7.78. The molecule has 1 amide bonds. The molecule has 3 aliphatic rings. The van der Waals surface area contributed by atoms with Gasteiger partial charge in [-0.25, -0.2) is 0 Å². The molecule has 0 aliphatic heterocycles. The summed E-state index contributed by atoms with van der Waals surface area (Å²) in [4.78, 5) is 42.5. The number of hydrogen-bond acceptors (Lipinski definition) is 9. The summed E-state index contributed by atoms with van der Waals surface area (Å²) in [5, 5.41) is 45.2. The second kappa shape index (κ2) is 9.49. The highest BCUT2D eigenvalue weighted by molar-refractivity contribution is 6.24. The van der Waals surface area contributed by atoms with Crippen molar-refractivity contribution in [1.82, 2.24) is 4.90 Å². The lowest BCUT2D eigenvalue weighted by Gasteiger charge is -2.50. The smallest absolute Gasteiger partial charge is 0.255 e. The number of Topliss-reactive ketones (excluding diaryl/α,β-unsaturated/α-hetero) is 2. The van der Waals surface area contributed by atoms with Gasteiger partial charge in [0.15, 0.2) is 11.4 Å². The number of rotatable bonds is 4. The molecule has 0 heterocycles. The van der Waals surface area contributed by atoms with Gasteiger partial charge in [-0.1, -0.05) is 18.8 Å². The zero-order chi connectivity index (χ0) is 28.3. The molecule has 1 aromatic carbocycles. The van der Waals surface area contributed by atoms with Crippen LogP contribution >= 0.6 is 0 Å². The Balaban J connectivity index is 1.99. The average Bonchev–Trinajstić information content (AvgIpc) is 2.82. The Morgan fingerprint density at radius 3 is 2.39 bits per heavy atom. The van der Waals surface area contributed by atoms with Gasteiger partial charge in [0.1, 0.15) is 22.8 Å². The number of primary amides is 1. The molecule has 202 valence electrons. The SMILES string of the molecule is CCCC#Cc1cc(N(C)C)c2c(c1O)C(O)=C1C(=O)[C@@]3(O)C(O)=C(C(N)=O)C(=O)[C@H](N(C)C)[C@H]3C[C@H]1C2. The molecule has 1 fully saturated rings. The number of benzene rings is 1. The molecule has 1 saturated carbocycles. The van der Waals surface area contributed by atoms with Crippen LogP contribution in [0.25, 0.3) is 5.76 Å². The van der Waals surface area contributed by atoms with Crippen molar-refractivity contribution in [2.24, 2.45) is 17.6 Å². The van der Waals surface area contributed by atoms with E-state index in [0.717, 1.165) is 6.42 Å². The van der Waals surface area contributed by atoms with E-state index in [9.17, 15) is 34.8 Å². The highest BCUT2D eigenvalue weighted by Gasteiger charge is 2.64. The zero-order valence-electron chi connectivity index (χ0n) is 22.1. The maximum Gasteiger partial charge on any atom is 0.255 e. The number of amides is 1. The summed E-state index contributed by atoms with van der Waals surface area (Å²) in [5.41, 5.74) is 3.28. The molecule has 4 rings (SSSR count). The number of nitrogens with two attached hydrogens (primary N) is 1. The molecule has 38 heavy (non-hydrogen) atoms. The van der Waals surface area contributed by atoms with Crippen LogP contribution in [0.5, 0.6) is 5.75 Å². The van der Waals surface area contributed by atoms with E-state index in [4.69, 9.17) is 5.73 Å². The highest BCUT2D eigenvalue weighted by Crippen LogP contribution is 2.54. The number of unbranched alkanes of at least 4 members (excludes halogenated alkanes) is 1. The number of aliphatic hydroxyl groups excluding tert-OH is 2. The Bertz CT molecular complexity index is 1380.